The van der Waals surface area contributed by atoms with E-state index in [9.17, 15) is 14.4 Å². The Morgan fingerprint density at radius 3 is 2.60 bits per heavy atom. The zero-order valence-corrected chi connectivity index (χ0v) is 16.6. The lowest BCUT2D eigenvalue weighted by atomic mass is 10.1. The summed E-state index contributed by atoms with van der Waals surface area (Å²) in [4.78, 5) is 14.4. The molecule has 30 heavy (non-hydrogen) atoms. The molecule has 1 saturated heterocycles. The maximum Gasteiger partial charge on any atom is 0.264 e. The molecule has 0 saturated carbocycles. The predicted molar refractivity (Wildman–Crippen MR) is 113 cm³/mol. The Bertz CT molecular complexity index is 1120. The lowest BCUT2D eigenvalue weighted by Crippen LogP contribution is -2.28. The zero-order chi connectivity index (χ0) is 20.9. The molecule has 1 fully saturated rings. The molecular weight excluding hydrogens is 381 g/mol. The molecule has 1 amide bonds. The van der Waals surface area contributed by atoms with Crippen LogP contribution in [0.15, 0.2) is 60.3 Å². The molecule has 5 nitrogen and oxygen atoms in total. The van der Waals surface area contributed by atoms with Gasteiger partial charge in [-0.25, -0.2) is 4.39 Å². The SMILES string of the molecule is N#CC(=Cc1cn(CCOc2ccc(F)cc2)c2ccccc12)C(=O)N1CCCC1. The van der Waals surface area contributed by atoms with Gasteiger partial charge in [0.2, 0.25) is 0 Å². The van der Waals surface area contributed by atoms with Gasteiger partial charge in [0, 0.05) is 35.8 Å². The van der Waals surface area contributed by atoms with E-state index in [1.807, 2.05) is 35.0 Å². The smallest absolute Gasteiger partial charge is 0.264 e. The Labute approximate surface area is 174 Å². The molecule has 0 aliphatic carbocycles. The van der Waals surface area contributed by atoms with E-state index in [4.69, 9.17) is 4.74 Å². The first kappa shape index (κ1) is 19.7. The number of carbonyl (C=O) groups is 1. The number of fused-ring (bicyclic) bond motifs is 1. The molecule has 6 heteroatoms. The van der Waals surface area contributed by atoms with Crippen LogP contribution in [0, 0.1) is 17.1 Å². The Morgan fingerprint density at radius 2 is 1.87 bits per heavy atom. The highest BCUT2D eigenvalue weighted by Crippen LogP contribution is 2.24. The number of halogens is 1. The number of carbonyl (C=O) groups excluding carboxylic acids is 1. The minimum atomic E-state index is -0.299. The maximum atomic E-state index is 13.0. The summed E-state index contributed by atoms with van der Waals surface area (Å²) < 4.78 is 20.8. The number of rotatable bonds is 6. The summed E-state index contributed by atoms with van der Waals surface area (Å²) >= 11 is 0. The van der Waals surface area contributed by atoms with Crippen LogP contribution in [0.3, 0.4) is 0 Å². The average Bonchev–Trinajstić information content (AvgIpc) is 3.42. The van der Waals surface area contributed by atoms with Gasteiger partial charge in [-0.1, -0.05) is 18.2 Å². The van der Waals surface area contributed by atoms with Crippen LogP contribution in [0.5, 0.6) is 5.75 Å². The zero-order valence-electron chi connectivity index (χ0n) is 16.6. The second-order valence-electron chi connectivity index (χ2n) is 7.27. The average molecular weight is 403 g/mol. The highest BCUT2D eigenvalue weighted by atomic mass is 19.1. The topological polar surface area (TPSA) is 58.3 Å². The van der Waals surface area contributed by atoms with Crippen molar-refractivity contribution in [3.05, 3.63) is 71.7 Å². The number of hydrogen-bond acceptors (Lipinski definition) is 3. The van der Waals surface area contributed by atoms with Gasteiger partial charge >= 0.3 is 0 Å². The Hall–Kier alpha value is -3.59. The van der Waals surface area contributed by atoms with Crippen LogP contribution in [0.4, 0.5) is 4.39 Å². The minimum Gasteiger partial charge on any atom is -0.492 e. The van der Waals surface area contributed by atoms with Crippen molar-refractivity contribution in [2.24, 2.45) is 0 Å². The summed E-state index contributed by atoms with van der Waals surface area (Å²) in [5, 5.41) is 10.5. The molecule has 3 aromatic rings. The van der Waals surface area contributed by atoms with Gasteiger partial charge in [-0.2, -0.15) is 5.26 Å². The third-order valence-electron chi connectivity index (χ3n) is 5.28. The van der Waals surface area contributed by atoms with Crippen molar-refractivity contribution in [2.75, 3.05) is 19.7 Å². The molecule has 2 aromatic carbocycles. The standard InChI is InChI=1S/C24H22FN3O2/c25-20-7-9-21(10-8-20)30-14-13-28-17-19(22-5-1-2-6-23(22)28)15-18(16-26)24(29)27-11-3-4-12-27/h1-2,5-10,15,17H,3-4,11-14H2. The Kier molecular flexibility index (Phi) is 5.80. The quantitative estimate of drug-likeness (QED) is 0.453. The van der Waals surface area contributed by atoms with E-state index in [1.165, 1.54) is 12.1 Å². The summed E-state index contributed by atoms with van der Waals surface area (Å²) in [6.07, 6.45) is 5.59. The fraction of sp³-hybridized carbons (Fsp3) is 0.250. The molecule has 0 spiro atoms. The van der Waals surface area contributed by atoms with Gasteiger partial charge in [0.05, 0.1) is 6.54 Å². The van der Waals surface area contributed by atoms with E-state index in [-0.39, 0.29) is 17.3 Å². The summed E-state index contributed by atoms with van der Waals surface area (Å²) in [6.45, 7) is 2.40. The molecule has 1 aliphatic heterocycles. The van der Waals surface area contributed by atoms with Crippen LogP contribution < -0.4 is 4.74 Å². The van der Waals surface area contributed by atoms with Crippen molar-refractivity contribution in [3.8, 4) is 11.8 Å². The van der Waals surface area contributed by atoms with Gasteiger partial charge in [0.1, 0.15) is 29.8 Å². The van der Waals surface area contributed by atoms with E-state index in [1.54, 1.807) is 23.1 Å². The van der Waals surface area contributed by atoms with Crippen molar-refractivity contribution < 1.29 is 13.9 Å². The largest absolute Gasteiger partial charge is 0.492 e. The molecule has 0 radical (unpaired) electrons. The highest BCUT2D eigenvalue weighted by Gasteiger charge is 2.22. The monoisotopic (exact) mass is 403 g/mol. The van der Waals surface area contributed by atoms with E-state index in [2.05, 4.69) is 6.07 Å². The second kappa shape index (κ2) is 8.83. The Morgan fingerprint density at radius 1 is 1.13 bits per heavy atom. The van der Waals surface area contributed by atoms with E-state index >= 15 is 0 Å². The van der Waals surface area contributed by atoms with Crippen LogP contribution in [-0.2, 0) is 11.3 Å². The van der Waals surface area contributed by atoms with E-state index in [0.29, 0.717) is 32.0 Å². The number of benzene rings is 2. The molecule has 0 unspecified atom stereocenters. The van der Waals surface area contributed by atoms with Crippen LogP contribution in [0.2, 0.25) is 0 Å². The van der Waals surface area contributed by atoms with Gasteiger partial charge in [0.15, 0.2) is 0 Å². The predicted octanol–water partition coefficient (Wildman–Crippen LogP) is 4.39. The molecule has 1 aromatic heterocycles. The lowest BCUT2D eigenvalue weighted by molar-refractivity contribution is -0.125. The minimum absolute atomic E-state index is 0.155. The second-order valence-corrected chi connectivity index (χ2v) is 7.27. The van der Waals surface area contributed by atoms with Crippen molar-refractivity contribution >= 4 is 22.9 Å². The third-order valence-corrected chi connectivity index (χ3v) is 5.28. The number of para-hydroxylation sites is 1. The number of hydrogen-bond donors (Lipinski definition) is 0. The van der Waals surface area contributed by atoms with Gasteiger partial charge in [0.25, 0.3) is 5.91 Å². The molecule has 152 valence electrons. The van der Waals surface area contributed by atoms with Crippen molar-refractivity contribution in [3.63, 3.8) is 0 Å². The first-order chi connectivity index (χ1) is 14.7. The first-order valence-corrected chi connectivity index (χ1v) is 10.0. The van der Waals surface area contributed by atoms with Crippen LogP contribution >= 0.6 is 0 Å². The number of aromatic nitrogens is 1. The fourth-order valence-corrected chi connectivity index (χ4v) is 3.76. The number of amides is 1. The molecule has 0 atom stereocenters. The number of ether oxygens (including phenoxy) is 1. The summed E-state index contributed by atoms with van der Waals surface area (Å²) in [5.41, 5.74) is 1.98. The highest BCUT2D eigenvalue weighted by molar-refractivity contribution is 6.04. The summed E-state index contributed by atoms with van der Waals surface area (Å²) in [5.74, 6) is 0.106. The van der Waals surface area contributed by atoms with Crippen LogP contribution in [-0.4, -0.2) is 35.1 Å². The molecule has 4 rings (SSSR count). The number of nitriles is 1. The van der Waals surface area contributed by atoms with Gasteiger partial charge in [-0.05, 0) is 49.2 Å². The molecule has 0 bridgehead atoms. The van der Waals surface area contributed by atoms with Crippen molar-refractivity contribution in [2.45, 2.75) is 19.4 Å². The van der Waals surface area contributed by atoms with E-state index < -0.39 is 0 Å². The normalized spacial score (nSPS) is 14.1. The molecule has 2 heterocycles. The van der Waals surface area contributed by atoms with E-state index in [0.717, 1.165) is 29.3 Å². The van der Waals surface area contributed by atoms with Gasteiger partial charge < -0.3 is 14.2 Å². The van der Waals surface area contributed by atoms with Gasteiger partial charge in [-0.15, -0.1) is 0 Å². The van der Waals surface area contributed by atoms with Crippen LogP contribution in [0.25, 0.3) is 17.0 Å². The number of likely N-dealkylation sites (tertiary alicyclic amines) is 1. The van der Waals surface area contributed by atoms with Gasteiger partial charge in [-0.3, -0.25) is 4.79 Å². The summed E-state index contributed by atoms with van der Waals surface area (Å²) in [6, 6.07) is 15.9. The van der Waals surface area contributed by atoms with Crippen molar-refractivity contribution in [1.29, 1.82) is 5.26 Å². The summed E-state index contributed by atoms with van der Waals surface area (Å²) in [7, 11) is 0. The molecule has 0 N–H and O–H groups in total. The first-order valence-electron chi connectivity index (χ1n) is 10.0. The third kappa shape index (κ3) is 4.20. The Balaban J connectivity index is 1.56. The number of nitrogens with zero attached hydrogens (tertiary/aromatic N) is 3. The lowest BCUT2D eigenvalue weighted by Gasteiger charge is -2.13. The fourth-order valence-electron chi connectivity index (χ4n) is 3.76. The van der Waals surface area contributed by atoms with Crippen molar-refractivity contribution in [1.82, 2.24) is 9.47 Å². The van der Waals surface area contributed by atoms with Crippen LogP contribution in [0.1, 0.15) is 18.4 Å². The molecular formula is C24H22FN3O2. The maximum absolute atomic E-state index is 13.0. The molecule has 1 aliphatic rings.